The van der Waals surface area contributed by atoms with E-state index < -0.39 is 24.0 Å². The highest BCUT2D eigenvalue weighted by atomic mass is 32.2. The molecule has 0 aliphatic carbocycles. The van der Waals surface area contributed by atoms with Crippen molar-refractivity contribution in [2.45, 2.75) is 26.9 Å². The molecular formula is C14H22O5S2. The summed E-state index contributed by atoms with van der Waals surface area (Å²) >= 11 is 2.55. The SMILES string of the molecule is C=CCOC(=O)C(CSCC)OC(=O)[C@@H](C)CSC(C)=O. The van der Waals surface area contributed by atoms with Crippen LogP contribution in [0.3, 0.4) is 0 Å². The highest BCUT2D eigenvalue weighted by Crippen LogP contribution is 2.14. The van der Waals surface area contributed by atoms with Crippen LogP contribution in [0.4, 0.5) is 0 Å². The summed E-state index contributed by atoms with van der Waals surface area (Å²) in [7, 11) is 0. The van der Waals surface area contributed by atoms with Gasteiger partial charge in [0.25, 0.3) is 0 Å². The molecule has 0 aromatic carbocycles. The van der Waals surface area contributed by atoms with Gasteiger partial charge in [-0.25, -0.2) is 4.79 Å². The van der Waals surface area contributed by atoms with E-state index >= 15 is 0 Å². The predicted molar refractivity (Wildman–Crippen MR) is 86.3 cm³/mol. The van der Waals surface area contributed by atoms with Gasteiger partial charge in [-0.05, 0) is 5.75 Å². The van der Waals surface area contributed by atoms with Gasteiger partial charge in [0.1, 0.15) is 6.61 Å². The van der Waals surface area contributed by atoms with Gasteiger partial charge in [-0.3, -0.25) is 9.59 Å². The molecule has 1 unspecified atom stereocenters. The Kier molecular flexibility index (Phi) is 11.2. The van der Waals surface area contributed by atoms with Crippen LogP contribution in [0.2, 0.25) is 0 Å². The molecule has 0 rings (SSSR count). The summed E-state index contributed by atoms with van der Waals surface area (Å²) in [5.41, 5.74) is 0. The molecule has 0 bridgehead atoms. The van der Waals surface area contributed by atoms with E-state index in [0.29, 0.717) is 11.5 Å². The van der Waals surface area contributed by atoms with Crippen molar-refractivity contribution < 1.29 is 23.9 Å². The van der Waals surface area contributed by atoms with E-state index in [9.17, 15) is 14.4 Å². The second kappa shape index (κ2) is 11.7. The Morgan fingerprint density at radius 1 is 1.24 bits per heavy atom. The molecule has 0 amide bonds. The fourth-order valence-corrected chi connectivity index (χ4v) is 2.45. The molecule has 0 fully saturated rings. The van der Waals surface area contributed by atoms with E-state index in [2.05, 4.69) is 6.58 Å². The molecule has 120 valence electrons. The summed E-state index contributed by atoms with van der Waals surface area (Å²) in [6, 6.07) is 0. The van der Waals surface area contributed by atoms with Crippen molar-refractivity contribution in [1.82, 2.24) is 0 Å². The number of hydrogen-bond donors (Lipinski definition) is 0. The minimum atomic E-state index is -0.924. The van der Waals surface area contributed by atoms with Crippen molar-refractivity contribution in [3.8, 4) is 0 Å². The van der Waals surface area contributed by atoms with E-state index in [1.807, 2.05) is 6.92 Å². The highest BCUT2D eigenvalue weighted by Gasteiger charge is 2.27. The van der Waals surface area contributed by atoms with Gasteiger partial charge in [-0.1, -0.05) is 38.3 Å². The Hall–Kier alpha value is -0.950. The lowest BCUT2D eigenvalue weighted by molar-refractivity contribution is -0.167. The van der Waals surface area contributed by atoms with Crippen LogP contribution in [0.25, 0.3) is 0 Å². The van der Waals surface area contributed by atoms with Crippen molar-refractivity contribution >= 4 is 40.6 Å². The van der Waals surface area contributed by atoms with Crippen LogP contribution in [-0.2, 0) is 23.9 Å². The van der Waals surface area contributed by atoms with Gasteiger partial charge in [0, 0.05) is 18.4 Å². The molecule has 5 nitrogen and oxygen atoms in total. The van der Waals surface area contributed by atoms with Crippen LogP contribution < -0.4 is 0 Å². The fraction of sp³-hybridized carbons (Fsp3) is 0.643. The van der Waals surface area contributed by atoms with Gasteiger partial charge in [0.05, 0.1) is 5.92 Å². The summed E-state index contributed by atoms with van der Waals surface area (Å²) in [5, 5.41) is -0.0573. The maximum absolute atomic E-state index is 11.9. The largest absolute Gasteiger partial charge is 0.459 e. The Balaban J connectivity index is 4.48. The predicted octanol–water partition coefficient (Wildman–Crippen LogP) is 2.30. The number of hydrogen-bond acceptors (Lipinski definition) is 7. The van der Waals surface area contributed by atoms with Crippen molar-refractivity contribution in [3.05, 3.63) is 12.7 Å². The first-order chi connectivity index (χ1) is 9.92. The zero-order valence-corrected chi connectivity index (χ0v) is 14.3. The molecule has 0 saturated carbocycles. The molecule has 0 N–H and O–H groups in total. The number of carbonyl (C=O) groups excluding carboxylic acids is 3. The Bertz CT molecular complexity index is 370. The van der Waals surface area contributed by atoms with Crippen molar-refractivity contribution in [2.75, 3.05) is 23.9 Å². The van der Waals surface area contributed by atoms with E-state index in [4.69, 9.17) is 9.47 Å². The van der Waals surface area contributed by atoms with E-state index in [0.717, 1.165) is 17.5 Å². The molecule has 0 heterocycles. The van der Waals surface area contributed by atoms with E-state index in [1.165, 1.54) is 24.8 Å². The van der Waals surface area contributed by atoms with Gasteiger partial charge in [-0.2, -0.15) is 11.8 Å². The number of carbonyl (C=O) groups is 3. The van der Waals surface area contributed by atoms with Gasteiger partial charge < -0.3 is 9.47 Å². The van der Waals surface area contributed by atoms with E-state index in [-0.39, 0.29) is 11.7 Å². The molecule has 2 atom stereocenters. The van der Waals surface area contributed by atoms with Crippen LogP contribution in [0, 0.1) is 5.92 Å². The summed E-state index contributed by atoms with van der Waals surface area (Å²) in [4.78, 5) is 34.6. The van der Waals surface area contributed by atoms with Gasteiger partial charge in [0.15, 0.2) is 5.12 Å². The lowest BCUT2D eigenvalue weighted by atomic mass is 10.2. The molecule has 0 aliphatic heterocycles. The zero-order valence-electron chi connectivity index (χ0n) is 12.6. The fourth-order valence-electron chi connectivity index (χ4n) is 1.18. The lowest BCUT2D eigenvalue weighted by Crippen LogP contribution is -2.34. The Labute approximate surface area is 134 Å². The van der Waals surface area contributed by atoms with Gasteiger partial charge in [0.2, 0.25) is 6.10 Å². The molecule has 0 aromatic heterocycles. The Morgan fingerprint density at radius 2 is 1.90 bits per heavy atom. The first-order valence-electron chi connectivity index (χ1n) is 6.61. The van der Waals surface area contributed by atoms with E-state index in [1.54, 1.807) is 6.92 Å². The molecular weight excluding hydrogens is 312 g/mol. The van der Waals surface area contributed by atoms with Gasteiger partial charge >= 0.3 is 11.9 Å². The first-order valence-corrected chi connectivity index (χ1v) is 8.75. The average molecular weight is 334 g/mol. The topological polar surface area (TPSA) is 69.7 Å². The monoisotopic (exact) mass is 334 g/mol. The molecule has 0 spiro atoms. The maximum atomic E-state index is 11.9. The third kappa shape index (κ3) is 9.57. The van der Waals surface area contributed by atoms with Crippen LogP contribution >= 0.6 is 23.5 Å². The third-order valence-corrected chi connectivity index (χ3v) is 4.30. The summed E-state index contributed by atoms with van der Waals surface area (Å²) in [6.07, 6.45) is 0.530. The standard InChI is InChI=1S/C14H22O5S2/c1-5-7-18-14(17)12(9-20-6-2)19-13(16)10(3)8-21-11(4)15/h5,10,12H,1,6-9H2,2-4H3/t10-,12?/m0/s1. The van der Waals surface area contributed by atoms with Gasteiger partial charge in [-0.15, -0.1) is 0 Å². The van der Waals surface area contributed by atoms with Crippen molar-refractivity contribution in [2.24, 2.45) is 5.92 Å². The summed E-state index contributed by atoms with van der Waals surface area (Å²) in [6.45, 7) is 8.60. The number of thioether (sulfide) groups is 2. The zero-order chi connectivity index (χ0) is 16.3. The molecule has 21 heavy (non-hydrogen) atoms. The van der Waals surface area contributed by atoms with Crippen molar-refractivity contribution in [1.29, 1.82) is 0 Å². The first kappa shape index (κ1) is 20.1. The average Bonchev–Trinajstić information content (AvgIpc) is 2.45. The van der Waals surface area contributed by atoms with Crippen molar-refractivity contribution in [3.63, 3.8) is 0 Å². The molecule has 0 radical (unpaired) electrons. The second-order valence-electron chi connectivity index (χ2n) is 4.21. The quantitative estimate of drug-likeness (QED) is 0.448. The molecule has 0 aromatic rings. The minimum absolute atomic E-state index is 0.0573. The smallest absolute Gasteiger partial charge is 0.348 e. The van der Waals surface area contributed by atoms with Crippen LogP contribution in [0.5, 0.6) is 0 Å². The number of esters is 2. The highest BCUT2D eigenvalue weighted by molar-refractivity contribution is 8.13. The van der Waals surface area contributed by atoms with Crippen LogP contribution in [0.15, 0.2) is 12.7 Å². The molecule has 0 aliphatic rings. The second-order valence-corrected chi connectivity index (χ2v) is 6.72. The van der Waals surface area contributed by atoms with Crippen LogP contribution in [0.1, 0.15) is 20.8 Å². The van der Waals surface area contributed by atoms with Crippen LogP contribution in [-0.4, -0.2) is 47.0 Å². The Morgan fingerprint density at radius 3 is 2.43 bits per heavy atom. The molecule has 7 heteroatoms. The summed E-state index contributed by atoms with van der Waals surface area (Å²) in [5.74, 6) is -0.0378. The minimum Gasteiger partial charge on any atom is -0.459 e. The lowest BCUT2D eigenvalue weighted by Gasteiger charge is -2.18. The normalized spacial score (nSPS) is 13.1. The third-order valence-electron chi connectivity index (χ3n) is 2.28. The molecule has 0 saturated heterocycles. The number of ether oxygens (including phenoxy) is 2. The maximum Gasteiger partial charge on any atom is 0.348 e. The number of rotatable bonds is 10. The summed E-state index contributed by atoms with van der Waals surface area (Å²) < 4.78 is 10.1.